The van der Waals surface area contributed by atoms with Crippen LogP contribution in [0, 0.1) is 5.92 Å². The van der Waals surface area contributed by atoms with E-state index >= 15 is 0 Å². The van der Waals surface area contributed by atoms with Crippen molar-refractivity contribution in [3.63, 3.8) is 0 Å². The van der Waals surface area contributed by atoms with Gasteiger partial charge in [-0.1, -0.05) is 92.4 Å². The Labute approximate surface area is 308 Å². The first kappa shape index (κ1) is 36.3. The summed E-state index contributed by atoms with van der Waals surface area (Å²) in [5, 5.41) is 14.7. The lowest BCUT2D eigenvalue weighted by Crippen LogP contribution is -2.35. The number of carboxylic acids is 1. The van der Waals surface area contributed by atoms with Crippen molar-refractivity contribution >= 4 is 29.1 Å². The number of nitrogens with zero attached hydrogens (tertiary/aromatic N) is 2. The van der Waals surface area contributed by atoms with Gasteiger partial charge in [-0.2, -0.15) is 0 Å². The van der Waals surface area contributed by atoms with Crippen molar-refractivity contribution in [1.29, 1.82) is 0 Å². The summed E-state index contributed by atoms with van der Waals surface area (Å²) >= 11 is 1.51. The van der Waals surface area contributed by atoms with Crippen LogP contribution in [0.5, 0.6) is 11.5 Å². The van der Waals surface area contributed by atoms with E-state index < -0.39 is 12.6 Å². The van der Waals surface area contributed by atoms with Crippen LogP contribution in [-0.4, -0.2) is 39.4 Å². The third-order valence-corrected chi connectivity index (χ3v) is 10.0. The number of nitrogens with one attached hydrogen (secondary N) is 1. The van der Waals surface area contributed by atoms with Gasteiger partial charge in [0, 0.05) is 35.5 Å². The molecule has 1 aliphatic rings. The molecule has 5 aromatic rings. The Morgan fingerprint density at radius 3 is 2.10 bits per heavy atom. The van der Waals surface area contributed by atoms with Crippen LogP contribution in [0.4, 0.5) is 0 Å². The number of aromatic nitrogens is 1. The van der Waals surface area contributed by atoms with Gasteiger partial charge in [0.1, 0.15) is 23.1 Å². The van der Waals surface area contributed by atoms with Gasteiger partial charge in [-0.3, -0.25) is 9.59 Å². The predicted octanol–water partition coefficient (Wildman–Crippen LogP) is 8.28. The molecule has 4 aromatic carbocycles. The van der Waals surface area contributed by atoms with Gasteiger partial charge < -0.3 is 24.8 Å². The highest BCUT2D eigenvalue weighted by Gasteiger charge is 2.26. The van der Waals surface area contributed by atoms with E-state index in [2.05, 4.69) is 5.32 Å². The van der Waals surface area contributed by atoms with Crippen LogP contribution < -0.4 is 14.8 Å². The van der Waals surface area contributed by atoms with Crippen molar-refractivity contribution in [2.24, 2.45) is 5.92 Å². The molecule has 1 saturated carbocycles. The molecule has 2 amide bonds. The van der Waals surface area contributed by atoms with Gasteiger partial charge in [0.25, 0.3) is 5.91 Å². The zero-order chi connectivity index (χ0) is 36.1. The summed E-state index contributed by atoms with van der Waals surface area (Å²) in [5.41, 5.74) is 5.25. The second kappa shape index (κ2) is 18.1. The Kier molecular flexibility index (Phi) is 12.7. The van der Waals surface area contributed by atoms with E-state index in [1.807, 2.05) is 101 Å². The second-order valence-corrected chi connectivity index (χ2v) is 13.9. The minimum Gasteiger partial charge on any atom is -0.489 e. The number of aliphatic carboxylic acids is 1. The van der Waals surface area contributed by atoms with Gasteiger partial charge >= 0.3 is 5.97 Å². The first-order chi connectivity index (χ1) is 25.4. The summed E-state index contributed by atoms with van der Waals surface area (Å²) in [6.07, 6.45) is 6.25. The molecule has 0 bridgehead atoms. The zero-order valence-corrected chi connectivity index (χ0v) is 29.9. The number of para-hydroxylation sites is 1. The molecule has 0 atom stereocenters. The van der Waals surface area contributed by atoms with Crippen LogP contribution in [0.3, 0.4) is 0 Å². The van der Waals surface area contributed by atoms with E-state index in [4.69, 9.17) is 19.6 Å². The lowest BCUT2D eigenvalue weighted by molar-refractivity contribution is -0.139. The fraction of sp³-hybridized carbons (Fsp3) is 0.286. The molecular weight excluding hydrogens is 675 g/mol. The standard InChI is InChI=1S/C42H43N3O6S/c46-39(47)28-51-38-22-16-31(17-23-38)25-45(42(49)35-8-4-1-2-5-9-35)26-36-29-52-41(44-36)34-20-18-33(19-21-34)40(48)43-24-30-12-14-32(15-13-30)27-50-37-10-6-3-7-11-37/h3,6-7,10-23,29,35H,1-2,4-5,8-9,24-28H2,(H,43,48)(H,46,47). The summed E-state index contributed by atoms with van der Waals surface area (Å²) in [6, 6.07) is 32.3. The molecule has 2 N–H and O–H groups in total. The molecular formula is C42H43N3O6S. The first-order valence-electron chi connectivity index (χ1n) is 17.7. The van der Waals surface area contributed by atoms with E-state index in [1.165, 1.54) is 11.3 Å². The molecule has 268 valence electrons. The highest BCUT2D eigenvalue weighted by atomic mass is 32.1. The normalized spacial score (nSPS) is 13.2. The highest BCUT2D eigenvalue weighted by molar-refractivity contribution is 7.13. The maximum absolute atomic E-state index is 13.9. The number of hydrogen-bond donors (Lipinski definition) is 2. The SMILES string of the molecule is O=C(O)COc1ccc(CN(Cc2csc(-c3ccc(C(=O)NCc4ccc(COc5ccccc5)cc4)cc3)n2)C(=O)C2CCCCCC2)cc1. The number of carbonyl (C=O) groups excluding carboxylic acids is 2. The van der Waals surface area contributed by atoms with Gasteiger partial charge in [0.2, 0.25) is 5.91 Å². The molecule has 6 rings (SSSR count). The fourth-order valence-corrected chi connectivity index (χ4v) is 7.06. The van der Waals surface area contributed by atoms with Gasteiger partial charge in [0.05, 0.1) is 12.2 Å². The average molecular weight is 718 g/mol. The van der Waals surface area contributed by atoms with E-state index in [0.717, 1.165) is 77.2 Å². The quantitative estimate of drug-likeness (QED) is 0.105. The van der Waals surface area contributed by atoms with Crippen molar-refractivity contribution in [3.8, 4) is 22.1 Å². The zero-order valence-electron chi connectivity index (χ0n) is 29.0. The number of carboxylic acid groups (broad SMARTS) is 1. The summed E-state index contributed by atoms with van der Waals surface area (Å²) in [4.78, 5) is 44.5. The molecule has 52 heavy (non-hydrogen) atoms. The monoisotopic (exact) mass is 717 g/mol. The number of benzene rings is 4. The van der Waals surface area contributed by atoms with Crippen LogP contribution in [0.25, 0.3) is 10.6 Å². The first-order valence-corrected chi connectivity index (χ1v) is 18.6. The van der Waals surface area contributed by atoms with Crippen LogP contribution in [0.1, 0.15) is 71.3 Å². The van der Waals surface area contributed by atoms with E-state index in [1.54, 1.807) is 12.1 Å². The minimum absolute atomic E-state index is 0.00337. The molecule has 1 aromatic heterocycles. The molecule has 0 radical (unpaired) electrons. The number of hydrogen-bond acceptors (Lipinski definition) is 7. The number of carbonyl (C=O) groups is 3. The number of thiazole rings is 1. The summed E-state index contributed by atoms with van der Waals surface area (Å²) < 4.78 is 11.1. The molecule has 1 fully saturated rings. The van der Waals surface area contributed by atoms with Crippen LogP contribution in [0.2, 0.25) is 0 Å². The maximum atomic E-state index is 13.9. The van der Waals surface area contributed by atoms with Gasteiger partial charge in [-0.15, -0.1) is 11.3 Å². The molecule has 0 saturated heterocycles. The average Bonchev–Trinajstić information content (AvgIpc) is 3.47. The lowest BCUT2D eigenvalue weighted by Gasteiger charge is -2.26. The fourth-order valence-electron chi connectivity index (χ4n) is 6.25. The van der Waals surface area contributed by atoms with E-state index in [0.29, 0.717) is 37.6 Å². The Hall–Kier alpha value is -5.48. The largest absolute Gasteiger partial charge is 0.489 e. The molecule has 10 heteroatoms. The van der Waals surface area contributed by atoms with Crippen molar-refractivity contribution in [1.82, 2.24) is 15.2 Å². The minimum atomic E-state index is -1.03. The third kappa shape index (κ3) is 10.5. The van der Waals surface area contributed by atoms with E-state index in [9.17, 15) is 14.4 Å². The van der Waals surface area contributed by atoms with Crippen LogP contribution >= 0.6 is 11.3 Å². The van der Waals surface area contributed by atoms with Crippen molar-refractivity contribution in [3.05, 3.63) is 136 Å². The Balaban J connectivity index is 1.05. The van der Waals surface area contributed by atoms with Gasteiger partial charge in [-0.25, -0.2) is 9.78 Å². The predicted molar refractivity (Wildman–Crippen MR) is 201 cm³/mol. The highest BCUT2D eigenvalue weighted by Crippen LogP contribution is 2.29. The molecule has 1 aliphatic carbocycles. The Morgan fingerprint density at radius 1 is 0.750 bits per heavy atom. The molecule has 0 aliphatic heterocycles. The van der Waals surface area contributed by atoms with Crippen molar-refractivity contribution in [2.75, 3.05) is 6.61 Å². The van der Waals surface area contributed by atoms with E-state index in [-0.39, 0.29) is 17.7 Å². The van der Waals surface area contributed by atoms with Gasteiger partial charge in [-0.05, 0) is 65.9 Å². The van der Waals surface area contributed by atoms with Crippen LogP contribution in [0.15, 0.2) is 109 Å². The summed E-state index contributed by atoms with van der Waals surface area (Å²) in [6.45, 7) is 1.28. The number of rotatable bonds is 15. The maximum Gasteiger partial charge on any atom is 0.341 e. The lowest BCUT2D eigenvalue weighted by atomic mass is 9.98. The topological polar surface area (TPSA) is 118 Å². The smallest absolute Gasteiger partial charge is 0.341 e. The summed E-state index contributed by atoms with van der Waals surface area (Å²) in [7, 11) is 0. The van der Waals surface area contributed by atoms with Crippen LogP contribution in [-0.2, 0) is 35.8 Å². The molecule has 0 spiro atoms. The molecule has 9 nitrogen and oxygen atoms in total. The Morgan fingerprint density at radius 2 is 1.40 bits per heavy atom. The molecule has 0 unspecified atom stereocenters. The molecule has 1 heterocycles. The van der Waals surface area contributed by atoms with Crippen molar-refractivity contribution in [2.45, 2.75) is 64.8 Å². The second-order valence-electron chi connectivity index (χ2n) is 13.0. The summed E-state index contributed by atoms with van der Waals surface area (Å²) in [5.74, 6) is 0.246. The number of amides is 2. The number of ether oxygens (including phenoxy) is 2. The van der Waals surface area contributed by atoms with Gasteiger partial charge in [0.15, 0.2) is 6.61 Å². The van der Waals surface area contributed by atoms with Crippen molar-refractivity contribution < 1.29 is 29.0 Å². The Bertz CT molecular complexity index is 1900. The third-order valence-electron chi connectivity index (χ3n) is 9.10.